The summed E-state index contributed by atoms with van der Waals surface area (Å²) in [5.41, 5.74) is 1.13. The maximum absolute atomic E-state index is 12.0. The van der Waals surface area contributed by atoms with E-state index >= 15 is 0 Å². The molecule has 1 amide bonds. The minimum absolute atomic E-state index is 0.109. The highest BCUT2D eigenvalue weighted by Gasteiger charge is 2.16. The topological polar surface area (TPSA) is 29.1 Å². The number of nitrogens with one attached hydrogen (secondary N) is 1. The lowest BCUT2D eigenvalue weighted by Crippen LogP contribution is -2.24. The molecule has 18 heavy (non-hydrogen) atoms. The van der Waals surface area contributed by atoms with Gasteiger partial charge >= 0.3 is 0 Å². The number of hydrogen-bond donors (Lipinski definition) is 1. The Morgan fingerprint density at radius 3 is 2.83 bits per heavy atom. The Bertz CT molecular complexity index is 615. The number of rotatable bonds is 3. The largest absolute Gasteiger partial charge is 0.348 e. The Labute approximate surface area is 115 Å². The van der Waals surface area contributed by atoms with Crippen molar-refractivity contribution < 1.29 is 4.79 Å². The van der Waals surface area contributed by atoms with E-state index in [0.717, 1.165) is 15.7 Å². The molecule has 0 unspecified atom stereocenters. The molecule has 0 atom stereocenters. The standard InChI is InChI=1S/C14H14ClNOS/c1-3-9(2)8-16-14(17)13-12(15)10-6-4-5-7-11(10)18-13/h3-7H,8H2,1-2H3,(H,16,17)/b9-3+. The van der Waals surface area contributed by atoms with Gasteiger partial charge < -0.3 is 5.32 Å². The number of halogens is 1. The van der Waals surface area contributed by atoms with E-state index in [2.05, 4.69) is 5.32 Å². The van der Waals surface area contributed by atoms with E-state index in [1.165, 1.54) is 11.3 Å². The van der Waals surface area contributed by atoms with Crippen LogP contribution < -0.4 is 5.32 Å². The van der Waals surface area contributed by atoms with Crippen LogP contribution in [0.15, 0.2) is 35.9 Å². The predicted molar refractivity (Wildman–Crippen MR) is 78.6 cm³/mol. The molecule has 4 heteroatoms. The van der Waals surface area contributed by atoms with Gasteiger partial charge in [-0.05, 0) is 19.9 Å². The van der Waals surface area contributed by atoms with E-state index < -0.39 is 0 Å². The first-order valence-electron chi connectivity index (χ1n) is 5.70. The molecule has 2 rings (SSSR count). The van der Waals surface area contributed by atoms with Gasteiger partial charge in [0.15, 0.2) is 0 Å². The van der Waals surface area contributed by atoms with Crippen LogP contribution in [0.4, 0.5) is 0 Å². The van der Waals surface area contributed by atoms with Gasteiger partial charge in [-0.3, -0.25) is 4.79 Å². The van der Waals surface area contributed by atoms with E-state index in [9.17, 15) is 4.79 Å². The summed E-state index contributed by atoms with van der Waals surface area (Å²) in [5, 5.41) is 4.36. The maximum atomic E-state index is 12.0. The van der Waals surface area contributed by atoms with Crippen molar-refractivity contribution in [3.05, 3.63) is 45.8 Å². The SMILES string of the molecule is C/C=C(\C)CNC(=O)c1sc2ccccc2c1Cl. The molecule has 0 aliphatic rings. The molecule has 0 saturated heterocycles. The van der Waals surface area contributed by atoms with Crippen molar-refractivity contribution in [3.8, 4) is 0 Å². The first-order valence-corrected chi connectivity index (χ1v) is 6.90. The highest BCUT2D eigenvalue weighted by molar-refractivity contribution is 7.21. The van der Waals surface area contributed by atoms with Crippen molar-refractivity contribution in [1.29, 1.82) is 0 Å². The number of amides is 1. The lowest BCUT2D eigenvalue weighted by molar-refractivity contribution is 0.0961. The lowest BCUT2D eigenvalue weighted by atomic mass is 10.2. The molecule has 0 bridgehead atoms. The van der Waals surface area contributed by atoms with Crippen molar-refractivity contribution in [1.82, 2.24) is 5.32 Å². The maximum Gasteiger partial charge on any atom is 0.263 e. The van der Waals surface area contributed by atoms with E-state index in [-0.39, 0.29) is 5.91 Å². The average Bonchev–Trinajstić information content (AvgIpc) is 2.73. The van der Waals surface area contributed by atoms with E-state index in [1.807, 2.05) is 44.2 Å². The van der Waals surface area contributed by atoms with Gasteiger partial charge in [0.05, 0.1) is 5.02 Å². The normalized spacial score (nSPS) is 11.8. The highest BCUT2D eigenvalue weighted by atomic mass is 35.5. The summed E-state index contributed by atoms with van der Waals surface area (Å²) in [6, 6.07) is 7.77. The molecule has 1 aromatic carbocycles. The Hall–Kier alpha value is -1.32. The summed E-state index contributed by atoms with van der Waals surface area (Å²) >= 11 is 7.66. The second-order valence-electron chi connectivity index (χ2n) is 4.06. The highest BCUT2D eigenvalue weighted by Crippen LogP contribution is 2.34. The Kier molecular flexibility index (Phi) is 4.04. The first kappa shape index (κ1) is 13.1. The van der Waals surface area contributed by atoms with Crippen LogP contribution in [-0.2, 0) is 0 Å². The van der Waals surface area contributed by atoms with Gasteiger partial charge in [0.25, 0.3) is 5.91 Å². The van der Waals surface area contributed by atoms with Crippen LogP contribution in [-0.4, -0.2) is 12.5 Å². The van der Waals surface area contributed by atoms with Crippen LogP contribution in [0.5, 0.6) is 0 Å². The van der Waals surface area contributed by atoms with Crippen molar-refractivity contribution >= 4 is 38.9 Å². The minimum Gasteiger partial charge on any atom is -0.348 e. The van der Waals surface area contributed by atoms with E-state index in [4.69, 9.17) is 11.6 Å². The number of carbonyl (C=O) groups is 1. The molecule has 94 valence electrons. The average molecular weight is 280 g/mol. The number of carbonyl (C=O) groups excluding carboxylic acids is 1. The van der Waals surface area contributed by atoms with Crippen molar-refractivity contribution in [3.63, 3.8) is 0 Å². The summed E-state index contributed by atoms with van der Waals surface area (Å²) in [5.74, 6) is -0.109. The second kappa shape index (κ2) is 5.55. The van der Waals surface area contributed by atoms with Crippen LogP contribution in [0.1, 0.15) is 23.5 Å². The van der Waals surface area contributed by atoms with Gasteiger partial charge in [-0.2, -0.15) is 0 Å². The number of allylic oxidation sites excluding steroid dienone is 1. The molecule has 0 saturated carbocycles. The molecular weight excluding hydrogens is 266 g/mol. The fraction of sp³-hybridized carbons (Fsp3) is 0.214. The number of thiophene rings is 1. The molecule has 0 spiro atoms. The molecule has 0 fully saturated rings. The minimum atomic E-state index is -0.109. The Morgan fingerprint density at radius 1 is 1.44 bits per heavy atom. The quantitative estimate of drug-likeness (QED) is 0.836. The molecular formula is C14H14ClNOS. The van der Waals surface area contributed by atoms with Crippen LogP contribution in [0.3, 0.4) is 0 Å². The summed E-state index contributed by atoms with van der Waals surface area (Å²) in [4.78, 5) is 12.6. The molecule has 2 nitrogen and oxygen atoms in total. The van der Waals surface area contributed by atoms with Crippen molar-refractivity contribution in [2.75, 3.05) is 6.54 Å². The molecule has 1 aromatic heterocycles. The first-order chi connectivity index (χ1) is 8.63. The molecule has 0 aliphatic carbocycles. The molecule has 1 heterocycles. The van der Waals surface area contributed by atoms with Crippen LogP contribution in [0.25, 0.3) is 10.1 Å². The Morgan fingerprint density at radius 2 is 2.17 bits per heavy atom. The van der Waals surface area contributed by atoms with Gasteiger partial charge in [-0.1, -0.05) is 41.4 Å². The van der Waals surface area contributed by atoms with Crippen molar-refractivity contribution in [2.45, 2.75) is 13.8 Å². The summed E-state index contributed by atoms with van der Waals surface area (Å²) in [7, 11) is 0. The van der Waals surface area contributed by atoms with Gasteiger partial charge in [-0.25, -0.2) is 0 Å². The van der Waals surface area contributed by atoms with Crippen LogP contribution >= 0.6 is 22.9 Å². The molecule has 1 N–H and O–H groups in total. The van der Waals surface area contributed by atoms with Gasteiger partial charge in [0, 0.05) is 16.6 Å². The van der Waals surface area contributed by atoms with Crippen molar-refractivity contribution in [2.24, 2.45) is 0 Å². The zero-order valence-electron chi connectivity index (χ0n) is 10.3. The summed E-state index contributed by atoms with van der Waals surface area (Å²) < 4.78 is 1.04. The van der Waals surface area contributed by atoms with Gasteiger partial charge in [0.2, 0.25) is 0 Å². The van der Waals surface area contributed by atoms with Crippen LogP contribution in [0.2, 0.25) is 5.02 Å². The fourth-order valence-electron chi connectivity index (χ4n) is 1.56. The van der Waals surface area contributed by atoms with Gasteiger partial charge in [-0.15, -0.1) is 11.3 Å². The zero-order chi connectivity index (χ0) is 13.1. The second-order valence-corrected chi connectivity index (χ2v) is 5.49. The lowest BCUT2D eigenvalue weighted by Gasteiger charge is -2.03. The predicted octanol–water partition coefficient (Wildman–Crippen LogP) is 4.25. The third-order valence-electron chi connectivity index (χ3n) is 2.76. The number of fused-ring (bicyclic) bond motifs is 1. The van der Waals surface area contributed by atoms with Crippen LogP contribution in [0, 0.1) is 0 Å². The smallest absolute Gasteiger partial charge is 0.263 e. The monoisotopic (exact) mass is 279 g/mol. The third kappa shape index (κ3) is 2.57. The third-order valence-corrected chi connectivity index (χ3v) is 4.44. The summed E-state index contributed by atoms with van der Waals surface area (Å²) in [6.07, 6.45) is 1.98. The van der Waals surface area contributed by atoms with Gasteiger partial charge in [0.1, 0.15) is 4.88 Å². The van der Waals surface area contributed by atoms with E-state index in [1.54, 1.807) is 0 Å². The number of hydrogen-bond acceptors (Lipinski definition) is 2. The zero-order valence-corrected chi connectivity index (χ0v) is 11.9. The molecule has 2 aromatic rings. The fourth-order valence-corrected chi connectivity index (χ4v) is 3.00. The molecule has 0 radical (unpaired) electrons. The number of benzene rings is 1. The Balaban J connectivity index is 2.25. The molecule has 0 aliphatic heterocycles. The summed E-state index contributed by atoms with van der Waals surface area (Å²) in [6.45, 7) is 4.49. The van der Waals surface area contributed by atoms with E-state index in [0.29, 0.717) is 16.4 Å².